The number of carbonyl (C=O) groups is 2. The summed E-state index contributed by atoms with van der Waals surface area (Å²) in [6, 6.07) is 0. The van der Waals surface area contributed by atoms with E-state index in [-0.39, 0.29) is 25.2 Å². The van der Waals surface area contributed by atoms with Crippen LogP contribution in [0.1, 0.15) is 296 Å². The molecule has 1 N–H and O–H groups in total. The van der Waals surface area contributed by atoms with Gasteiger partial charge in [0.05, 0.1) is 6.61 Å². The summed E-state index contributed by atoms with van der Waals surface area (Å²) in [6.07, 6.45) is 100. The number of esters is 2. The fourth-order valence-corrected chi connectivity index (χ4v) is 9.05. The van der Waals surface area contributed by atoms with Crippen molar-refractivity contribution in [1.82, 2.24) is 0 Å². The van der Waals surface area contributed by atoms with Gasteiger partial charge in [0.25, 0.3) is 0 Å². The summed E-state index contributed by atoms with van der Waals surface area (Å²) in [5.74, 6) is -0.628. The van der Waals surface area contributed by atoms with Gasteiger partial charge >= 0.3 is 11.9 Å². The Kier molecular flexibility index (Phi) is 63.9. The summed E-state index contributed by atoms with van der Waals surface area (Å²) in [5.41, 5.74) is 0. The zero-order valence-corrected chi connectivity index (χ0v) is 50.9. The quantitative estimate of drug-likeness (QED) is 0.0373. The molecule has 0 heterocycles. The zero-order chi connectivity index (χ0) is 56.2. The Hall–Kier alpha value is -3.96. The number of rotatable bonds is 59. The molecule has 0 bridgehead atoms. The second-order valence-corrected chi connectivity index (χ2v) is 21.5. The van der Waals surface area contributed by atoms with Crippen LogP contribution in [-0.2, 0) is 19.1 Å². The molecule has 0 saturated heterocycles. The van der Waals surface area contributed by atoms with Gasteiger partial charge in [-0.1, -0.05) is 302 Å². The van der Waals surface area contributed by atoms with Gasteiger partial charge in [0, 0.05) is 12.8 Å². The van der Waals surface area contributed by atoms with E-state index in [1.165, 1.54) is 161 Å². The predicted molar refractivity (Wildman–Crippen MR) is 343 cm³/mol. The van der Waals surface area contributed by atoms with Crippen molar-refractivity contribution in [3.8, 4) is 0 Å². The summed E-state index contributed by atoms with van der Waals surface area (Å²) >= 11 is 0. The second kappa shape index (κ2) is 67.3. The largest absolute Gasteiger partial charge is 0.462 e. The predicted octanol–water partition coefficient (Wildman–Crippen LogP) is 22.8. The van der Waals surface area contributed by atoms with Crippen molar-refractivity contribution in [2.75, 3.05) is 13.2 Å². The first-order chi connectivity index (χ1) is 38.6. The minimum absolute atomic E-state index is 0.0852. The molecule has 1 unspecified atom stereocenters. The first-order valence-electron chi connectivity index (χ1n) is 32.7. The first-order valence-corrected chi connectivity index (χ1v) is 32.7. The van der Waals surface area contributed by atoms with Crippen LogP contribution < -0.4 is 0 Å². The molecular weight excluding hydrogens is 957 g/mol. The average Bonchev–Trinajstić information content (AvgIpc) is 3.44. The molecule has 0 aliphatic rings. The number of aliphatic hydroxyl groups excluding tert-OH is 1. The van der Waals surface area contributed by atoms with E-state index in [2.05, 4.69) is 148 Å². The van der Waals surface area contributed by atoms with Crippen LogP contribution in [0.3, 0.4) is 0 Å². The number of unbranched alkanes of at least 4 members (excludes halogenated alkanes) is 29. The highest BCUT2D eigenvalue weighted by molar-refractivity contribution is 5.70. The van der Waals surface area contributed by atoms with Crippen LogP contribution in [-0.4, -0.2) is 36.4 Å². The third kappa shape index (κ3) is 64.6. The Morgan fingerprint density at radius 1 is 0.308 bits per heavy atom. The zero-order valence-electron chi connectivity index (χ0n) is 50.9. The maximum atomic E-state index is 12.3. The molecule has 444 valence electrons. The Bertz CT molecular complexity index is 1600. The third-order valence-electron chi connectivity index (χ3n) is 13.9. The number of aliphatic hydroxyl groups is 1. The van der Waals surface area contributed by atoms with E-state index in [0.717, 1.165) is 109 Å². The van der Waals surface area contributed by atoms with Crippen LogP contribution in [0.5, 0.6) is 0 Å². The fourth-order valence-electron chi connectivity index (χ4n) is 9.05. The number of ether oxygens (including phenoxy) is 2. The third-order valence-corrected chi connectivity index (χ3v) is 13.9. The smallest absolute Gasteiger partial charge is 0.306 e. The molecule has 0 aromatic heterocycles. The van der Waals surface area contributed by atoms with E-state index >= 15 is 0 Å². The van der Waals surface area contributed by atoms with E-state index in [1.807, 2.05) is 0 Å². The molecule has 0 aliphatic heterocycles. The molecule has 0 spiro atoms. The first kappa shape index (κ1) is 74.0. The topological polar surface area (TPSA) is 72.8 Å². The molecular formula is C73H122O5. The normalized spacial score (nSPS) is 13.1. The van der Waals surface area contributed by atoms with Gasteiger partial charge in [-0.25, -0.2) is 0 Å². The maximum absolute atomic E-state index is 12.3. The van der Waals surface area contributed by atoms with Crippen molar-refractivity contribution >= 4 is 11.9 Å². The van der Waals surface area contributed by atoms with Gasteiger partial charge in [0.1, 0.15) is 6.61 Å². The number of allylic oxidation sites excluding steroid dienone is 22. The standard InChI is InChI=1S/C73H122O5/c1-3-5-7-9-11-13-15-17-19-21-23-25-27-29-31-33-35-36-38-39-41-43-45-47-49-51-53-55-57-59-61-63-65-67-72(75)77-70-71(69-74)78-73(76)68-66-64-62-60-58-56-54-52-50-48-46-44-42-40-37-34-32-30-28-26-24-22-20-18-16-14-12-10-8-6-4-2/h6,8,12,14-15,17-18,20-21,23-24,26,30,32,37,40,44,46,50,52,56,58,71,74H,3-5,7,9-11,13,16,19,22,25,27-29,31,33-36,38-39,41-43,45,47-49,51,53-55,57,59-70H2,1-2H3/b8-6-,14-12-,17-15-,20-18-,23-21-,26-24-,32-30-,40-37-,46-44-,52-50-,58-56-. The number of hydrogen-bond donors (Lipinski definition) is 1. The molecule has 0 fully saturated rings. The van der Waals surface area contributed by atoms with Crippen molar-refractivity contribution in [3.05, 3.63) is 134 Å². The molecule has 5 heteroatoms. The van der Waals surface area contributed by atoms with Crippen molar-refractivity contribution in [3.63, 3.8) is 0 Å². The summed E-state index contributed by atoms with van der Waals surface area (Å²) in [5, 5.41) is 9.68. The van der Waals surface area contributed by atoms with Crippen molar-refractivity contribution in [2.24, 2.45) is 0 Å². The highest BCUT2D eigenvalue weighted by Crippen LogP contribution is 2.17. The van der Waals surface area contributed by atoms with Crippen LogP contribution in [0.2, 0.25) is 0 Å². The lowest BCUT2D eigenvalue weighted by molar-refractivity contribution is -0.161. The molecule has 5 nitrogen and oxygen atoms in total. The van der Waals surface area contributed by atoms with Gasteiger partial charge in [-0.3, -0.25) is 9.59 Å². The number of hydrogen-bond acceptors (Lipinski definition) is 5. The number of carbonyl (C=O) groups excluding carboxylic acids is 2. The van der Waals surface area contributed by atoms with E-state index in [0.29, 0.717) is 12.8 Å². The summed E-state index contributed by atoms with van der Waals surface area (Å²) in [6.45, 7) is 4.01. The monoisotopic (exact) mass is 1080 g/mol. The highest BCUT2D eigenvalue weighted by atomic mass is 16.6. The lowest BCUT2D eigenvalue weighted by Crippen LogP contribution is -2.28. The fraction of sp³-hybridized carbons (Fsp3) is 0.671. The molecule has 0 rings (SSSR count). The summed E-state index contributed by atoms with van der Waals surface area (Å²) in [7, 11) is 0. The van der Waals surface area contributed by atoms with Crippen LogP contribution in [0.25, 0.3) is 0 Å². The van der Waals surface area contributed by atoms with Gasteiger partial charge in [0.15, 0.2) is 6.10 Å². The summed E-state index contributed by atoms with van der Waals surface area (Å²) in [4.78, 5) is 24.6. The molecule has 0 amide bonds. The molecule has 78 heavy (non-hydrogen) atoms. The van der Waals surface area contributed by atoms with E-state index in [1.54, 1.807) is 0 Å². The van der Waals surface area contributed by atoms with Crippen molar-refractivity contribution in [1.29, 1.82) is 0 Å². The molecule has 0 aromatic carbocycles. The van der Waals surface area contributed by atoms with Crippen LogP contribution in [0, 0.1) is 0 Å². The summed E-state index contributed by atoms with van der Waals surface area (Å²) < 4.78 is 10.7. The van der Waals surface area contributed by atoms with Gasteiger partial charge in [-0.2, -0.15) is 0 Å². The molecule has 0 aliphatic carbocycles. The highest BCUT2D eigenvalue weighted by Gasteiger charge is 2.16. The Morgan fingerprint density at radius 3 is 0.846 bits per heavy atom. The van der Waals surface area contributed by atoms with Gasteiger partial charge in [-0.15, -0.1) is 0 Å². The van der Waals surface area contributed by atoms with Crippen molar-refractivity contribution in [2.45, 2.75) is 302 Å². The van der Waals surface area contributed by atoms with E-state index in [9.17, 15) is 14.7 Å². The van der Waals surface area contributed by atoms with Crippen LogP contribution in [0.15, 0.2) is 134 Å². The maximum Gasteiger partial charge on any atom is 0.306 e. The van der Waals surface area contributed by atoms with Gasteiger partial charge < -0.3 is 14.6 Å². The average molecular weight is 1080 g/mol. The van der Waals surface area contributed by atoms with Crippen molar-refractivity contribution < 1.29 is 24.2 Å². The van der Waals surface area contributed by atoms with E-state index < -0.39 is 6.10 Å². The lowest BCUT2D eigenvalue weighted by atomic mass is 10.0. The Labute approximate surface area is 483 Å². The van der Waals surface area contributed by atoms with Gasteiger partial charge in [-0.05, 0) is 116 Å². The van der Waals surface area contributed by atoms with Crippen LogP contribution in [0.4, 0.5) is 0 Å². The van der Waals surface area contributed by atoms with E-state index in [4.69, 9.17) is 9.47 Å². The van der Waals surface area contributed by atoms with Crippen LogP contribution >= 0.6 is 0 Å². The molecule has 0 radical (unpaired) electrons. The molecule has 1 atom stereocenters. The molecule has 0 saturated carbocycles. The minimum atomic E-state index is -0.800. The second-order valence-electron chi connectivity index (χ2n) is 21.5. The van der Waals surface area contributed by atoms with Gasteiger partial charge in [0.2, 0.25) is 0 Å². The Balaban J connectivity index is 3.55. The minimum Gasteiger partial charge on any atom is -0.462 e. The molecule has 0 aromatic rings. The lowest BCUT2D eigenvalue weighted by Gasteiger charge is -2.15. The SMILES string of the molecule is CC/C=C\C/C=C\C/C=C\C/C=C\C/C=C\C/C=C\C/C=C\C/C=C\C/C=C\CCCCCC(=O)OC(CO)COC(=O)CCCCCCCCCCCCCCCCCCCCCCC/C=C\C/C=C\CCCCCCC. The Morgan fingerprint density at radius 2 is 0.551 bits per heavy atom.